The van der Waals surface area contributed by atoms with Gasteiger partial charge >= 0.3 is 0 Å². The van der Waals surface area contributed by atoms with Crippen molar-refractivity contribution in [2.75, 3.05) is 6.54 Å². The minimum Gasteiger partial charge on any atom is -0.328 e. The second-order valence-electron chi connectivity index (χ2n) is 3.21. The Labute approximate surface area is 78.8 Å². The zero-order valence-electron chi connectivity index (χ0n) is 7.96. The van der Waals surface area contributed by atoms with E-state index in [2.05, 4.69) is 6.92 Å². The van der Waals surface area contributed by atoms with Crippen LogP contribution >= 0.6 is 0 Å². The molecule has 0 aliphatic rings. The first-order chi connectivity index (χ1) is 6.26. The molecule has 0 saturated heterocycles. The molecule has 13 heavy (non-hydrogen) atoms. The summed E-state index contributed by atoms with van der Waals surface area (Å²) in [6, 6.07) is 8.03. The molecule has 2 heteroatoms. The molecule has 0 spiro atoms. The van der Waals surface area contributed by atoms with Gasteiger partial charge in [-0.3, -0.25) is 0 Å². The Kier molecular flexibility index (Phi) is 3.90. The van der Waals surface area contributed by atoms with Gasteiger partial charge < -0.3 is 5.73 Å². The molecule has 0 radical (unpaired) electrons. The largest absolute Gasteiger partial charge is 0.328 e. The zero-order valence-corrected chi connectivity index (χ0v) is 7.96. The molecule has 1 rings (SSSR count). The first-order valence-electron chi connectivity index (χ1n) is 4.68. The summed E-state index contributed by atoms with van der Waals surface area (Å²) in [5.74, 6) is 0. The van der Waals surface area contributed by atoms with Crippen molar-refractivity contribution in [1.29, 1.82) is 0 Å². The second-order valence-corrected chi connectivity index (χ2v) is 3.21. The van der Waals surface area contributed by atoms with Gasteiger partial charge in [-0.25, -0.2) is 4.39 Å². The lowest BCUT2D eigenvalue weighted by molar-refractivity contribution is 0.340. The number of nitrogens with two attached hydrogens (primary N) is 1. The Bertz CT molecular complexity index is 243. The summed E-state index contributed by atoms with van der Waals surface area (Å²) in [6.07, 6.45) is 0.545. The summed E-state index contributed by atoms with van der Waals surface area (Å²) < 4.78 is 12.9. The summed E-state index contributed by atoms with van der Waals surface area (Å²) in [5.41, 5.74) is 7.51. The van der Waals surface area contributed by atoms with Gasteiger partial charge in [0.2, 0.25) is 0 Å². The molecule has 0 aromatic heterocycles. The lowest BCUT2D eigenvalue weighted by Crippen LogP contribution is -2.17. The summed E-state index contributed by atoms with van der Waals surface area (Å²) in [7, 11) is 0. The van der Waals surface area contributed by atoms with Gasteiger partial charge in [0.1, 0.15) is 6.17 Å². The monoisotopic (exact) mass is 181 g/mol. The van der Waals surface area contributed by atoms with Gasteiger partial charge in [0.25, 0.3) is 0 Å². The molecule has 1 unspecified atom stereocenters. The highest BCUT2D eigenvalue weighted by molar-refractivity contribution is 5.22. The fourth-order valence-corrected chi connectivity index (χ4v) is 1.25. The van der Waals surface area contributed by atoms with Crippen molar-refractivity contribution < 1.29 is 4.39 Å². The van der Waals surface area contributed by atoms with Crippen LogP contribution in [0, 0.1) is 0 Å². The minimum atomic E-state index is -0.910. The van der Waals surface area contributed by atoms with Crippen molar-refractivity contribution in [3.63, 3.8) is 0 Å². The van der Waals surface area contributed by atoms with Crippen LogP contribution in [0.25, 0.3) is 0 Å². The molecule has 0 heterocycles. The molecule has 0 aliphatic heterocycles. The molecule has 1 aromatic carbocycles. The molecule has 1 nitrogen and oxygen atoms in total. The zero-order chi connectivity index (χ0) is 9.68. The Balaban J connectivity index is 2.58. The van der Waals surface area contributed by atoms with Crippen LogP contribution < -0.4 is 5.73 Å². The van der Waals surface area contributed by atoms with Gasteiger partial charge in [0.15, 0.2) is 0 Å². The van der Waals surface area contributed by atoms with Crippen LogP contribution in [0.2, 0.25) is 0 Å². The molecule has 72 valence electrons. The van der Waals surface area contributed by atoms with E-state index in [1.807, 2.05) is 24.3 Å². The summed E-state index contributed by atoms with van der Waals surface area (Å²) in [5, 5.41) is 0. The highest BCUT2D eigenvalue weighted by Crippen LogP contribution is 2.08. The number of rotatable bonds is 4. The first-order valence-corrected chi connectivity index (χ1v) is 4.68. The molecule has 0 bridgehead atoms. The maximum atomic E-state index is 12.9. The number of hydrogen-bond donors (Lipinski definition) is 1. The van der Waals surface area contributed by atoms with Crippen molar-refractivity contribution in [2.24, 2.45) is 5.73 Å². The lowest BCUT2D eigenvalue weighted by atomic mass is 10.1. The first kappa shape index (κ1) is 10.2. The predicted octanol–water partition coefficient (Wildman–Crippen LogP) is 2.09. The standard InChI is InChI=1S/C11H16FN/c1-2-9-3-5-10(6-4-9)7-11(12)8-13/h3-6,11H,2,7-8,13H2,1H3. The Hall–Kier alpha value is -0.890. The van der Waals surface area contributed by atoms with Crippen molar-refractivity contribution in [2.45, 2.75) is 25.9 Å². The third-order valence-corrected chi connectivity index (χ3v) is 2.14. The third kappa shape index (κ3) is 3.15. The van der Waals surface area contributed by atoms with Crippen LogP contribution in [0.5, 0.6) is 0 Å². The van der Waals surface area contributed by atoms with E-state index in [4.69, 9.17) is 5.73 Å². The van der Waals surface area contributed by atoms with Crippen LogP contribution in [0.1, 0.15) is 18.1 Å². The molecule has 0 aliphatic carbocycles. The summed E-state index contributed by atoms with van der Waals surface area (Å²) in [6.45, 7) is 2.21. The van der Waals surface area contributed by atoms with Crippen LogP contribution in [0.4, 0.5) is 4.39 Å². The van der Waals surface area contributed by atoms with Gasteiger partial charge in [0, 0.05) is 13.0 Å². The second kappa shape index (κ2) is 4.97. The number of benzene rings is 1. The van der Waals surface area contributed by atoms with E-state index in [9.17, 15) is 4.39 Å². The van der Waals surface area contributed by atoms with Crippen LogP contribution in [0.15, 0.2) is 24.3 Å². The van der Waals surface area contributed by atoms with Gasteiger partial charge in [-0.05, 0) is 17.5 Å². The van der Waals surface area contributed by atoms with Gasteiger partial charge in [0.05, 0.1) is 0 Å². The third-order valence-electron chi connectivity index (χ3n) is 2.14. The fourth-order valence-electron chi connectivity index (χ4n) is 1.25. The number of halogens is 1. The van der Waals surface area contributed by atoms with Crippen molar-refractivity contribution in [3.8, 4) is 0 Å². The highest BCUT2D eigenvalue weighted by Gasteiger charge is 2.04. The molecule has 1 aromatic rings. The van der Waals surface area contributed by atoms with Gasteiger partial charge in [-0.15, -0.1) is 0 Å². The summed E-state index contributed by atoms with van der Waals surface area (Å²) >= 11 is 0. The molecule has 1 atom stereocenters. The lowest BCUT2D eigenvalue weighted by Gasteiger charge is -2.05. The van der Waals surface area contributed by atoms with E-state index >= 15 is 0 Å². The summed E-state index contributed by atoms with van der Waals surface area (Å²) in [4.78, 5) is 0. The average Bonchev–Trinajstić information content (AvgIpc) is 2.19. The van der Waals surface area contributed by atoms with Crippen LogP contribution in [-0.4, -0.2) is 12.7 Å². The Morgan fingerprint density at radius 3 is 2.23 bits per heavy atom. The normalized spacial score (nSPS) is 12.8. The van der Waals surface area contributed by atoms with Crippen LogP contribution in [-0.2, 0) is 12.8 Å². The van der Waals surface area contributed by atoms with Gasteiger partial charge in [-0.2, -0.15) is 0 Å². The quantitative estimate of drug-likeness (QED) is 0.756. The minimum absolute atomic E-state index is 0.107. The molecule has 2 N–H and O–H groups in total. The van der Waals surface area contributed by atoms with Gasteiger partial charge in [-0.1, -0.05) is 31.2 Å². The topological polar surface area (TPSA) is 26.0 Å². The molecular weight excluding hydrogens is 165 g/mol. The van der Waals surface area contributed by atoms with Crippen LogP contribution in [0.3, 0.4) is 0 Å². The maximum Gasteiger partial charge on any atom is 0.116 e. The fraction of sp³-hybridized carbons (Fsp3) is 0.455. The Morgan fingerprint density at radius 1 is 1.23 bits per heavy atom. The molecular formula is C11H16FN. The molecule has 0 saturated carbocycles. The van der Waals surface area contributed by atoms with E-state index in [0.717, 1.165) is 12.0 Å². The smallest absolute Gasteiger partial charge is 0.116 e. The van der Waals surface area contributed by atoms with Crippen molar-refractivity contribution in [3.05, 3.63) is 35.4 Å². The SMILES string of the molecule is CCc1ccc(CC(F)CN)cc1. The molecule has 0 fully saturated rings. The predicted molar refractivity (Wildman–Crippen MR) is 53.5 cm³/mol. The Morgan fingerprint density at radius 2 is 1.77 bits per heavy atom. The number of alkyl halides is 1. The van der Waals surface area contributed by atoms with E-state index in [0.29, 0.717) is 6.42 Å². The van der Waals surface area contributed by atoms with E-state index in [1.54, 1.807) is 0 Å². The van der Waals surface area contributed by atoms with Crippen molar-refractivity contribution >= 4 is 0 Å². The molecule has 0 amide bonds. The highest BCUT2D eigenvalue weighted by atomic mass is 19.1. The number of hydrogen-bond acceptors (Lipinski definition) is 1. The van der Waals surface area contributed by atoms with Crippen molar-refractivity contribution in [1.82, 2.24) is 0 Å². The number of aryl methyl sites for hydroxylation is 1. The van der Waals surface area contributed by atoms with E-state index in [-0.39, 0.29) is 6.54 Å². The van der Waals surface area contributed by atoms with E-state index in [1.165, 1.54) is 5.56 Å². The average molecular weight is 181 g/mol. The maximum absolute atomic E-state index is 12.9. The van der Waals surface area contributed by atoms with E-state index < -0.39 is 6.17 Å².